The molecule has 0 radical (unpaired) electrons. The quantitative estimate of drug-likeness (QED) is 0.348. The van der Waals surface area contributed by atoms with E-state index in [1.807, 2.05) is 63.2 Å². The van der Waals surface area contributed by atoms with E-state index in [4.69, 9.17) is 9.47 Å². The lowest BCUT2D eigenvalue weighted by Gasteiger charge is -2.26. The number of aryl methyl sites for hydroxylation is 1. The molecule has 1 aliphatic rings. The van der Waals surface area contributed by atoms with Gasteiger partial charge in [-0.15, -0.1) is 0 Å². The largest absolute Gasteiger partial charge is 0.507 e. The summed E-state index contributed by atoms with van der Waals surface area (Å²) >= 11 is 0. The number of rotatable bonds is 7. The van der Waals surface area contributed by atoms with Crippen LogP contribution in [0.4, 0.5) is 0 Å². The van der Waals surface area contributed by atoms with E-state index in [2.05, 4.69) is 20.8 Å². The van der Waals surface area contributed by atoms with Gasteiger partial charge in [0.2, 0.25) is 0 Å². The molecule has 1 heterocycles. The molecule has 0 bridgehead atoms. The first-order chi connectivity index (χ1) is 16.0. The van der Waals surface area contributed by atoms with Crippen molar-refractivity contribution in [1.82, 2.24) is 4.90 Å². The zero-order valence-corrected chi connectivity index (χ0v) is 21.1. The summed E-state index contributed by atoms with van der Waals surface area (Å²) in [6.45, 7) is 12.5. The lowest BCUT2D eigenvalue weighted by molar-refractivity contribution is -0.140. The van der Waals surface area contributed by atoms with Crippen molar-refractivity contribution < 1.29 is 24.2 Å². The second-order valence-electron chi connectivity index (χ2n) is 10.0. The van der Waals surface area contributed by atoms with Crippen LogP contribution in [-0.4, -0.2) is 48.1 Å². The molecule has 2 aromatic carbocycles. The van der Waals surface area contributed by atoms with Gasteiger partial charge >= 0.3 is 0 Å². The van der Waals surface area contributed by atoms with Gasteiger partial charge in [-0.05, 0) is 61.1 Å². The first-order valence-electron chi connectivity index (χ1n) is 11.6. The predicted octanol–water partition coefficient (Wildman–Crippen LogP) is 5.15. The summed E-state index contributed by atoms with van der Waals surface area (Å²) in [5, 5.41) is 11.5. The zero-order chi connectivity index (χ0) is 25.2. The van der Waals surface area contributed by atoms with Crippen LogP contribution in [0.3, 0.4) is 0 Å². The SMILES string of the molecule is COCCN1C(=O)C(=O)/C(=C(/O)c2cc(C(C)(C)C)ccc2C)C1c1ccc(OC(C)C)cc1. The third-order valence-electron chi connectivity index (χ3n) is 6.00. The second kappa shape index (κ2) is 10.0. The average Bonchev–Trinajstić information content (AvgIpc) is 3.01. The van der Waals surface area contributed by atoms with E-state index in [1.54, 1.807) is 7.11 Å². The maximum Gasteiger partial charge on any atom is 0.295 e. The van der Waals surface area contributed by atoms with Gasteiger partial charge in [-0.1, -0.05) is 45.0 Å². The number of aliphatic hydroxyl groups excluding tert-OH is 1. The highest BCUT2D eigenvalue weighted by atomic mass is 16.5. The Hall–Kier alpha value is -3.12. The van der Waals surface area contributed by atoms with Crippen LogP contribution >= 0.6 is 0 Å². The number of ketones is 1. The number of methoxy groups -OCH3 is 1. The molecule has 34 heavy (non-hydrogen) atoms. The van der Waals surface area contributed by atoms with Crippen LogP contribution in [0.15, 0.2) is 48.0 Å². The monoisotopic (exact) mass is 465 g/mol. The highest BCUT2D eigenvalue weighted by Gasteiger charge is 2.46. The van der Waals surface area contributed by atoms with Gasteiger partial charge in [-0.25, -0.2) is 0 Å². The van der Waals surface area contributed by atoms with Gasteiger partial charge < -0.3 is 19.5 Å². The first-order valence-corrected chi connectivity index (χ1v) is 11.6. The molecule has 182 valence electrons. The molecule has 1 aliphatic heterocycles. The van der Waals surface area contributed by atoms with Gasteiger partial charge in [-0.2, -0.15) is 0 Å². The zero-order valence-electron chi connectivity index (χ0n) is 21.1. The van der Waals surface area contributed by atoms with Gasteiger partial charge in [0, 0.05) is 19.2 Å². The van der Waals surface area contributed by atoms with E-state index in [0.29, 0.717) is 11.3 Å². The third kappa shape index (κ3) is 5.17. The number of aliphatic hydroxyl groups is 1. The van der Waals surface area contributed by atoms with Crippen LogP contribution in [0.5, 0.6) is 5.75 Å². The smallest absolute Gasteiger partial charge is 0.295 e. The minimum atomic E-state index is -0.721. The fourth-order valence-corrected chi connectivity index (χ4v) is 4.14. The van der Waals surface area contributed by atoms with Gasteiger partial charge in [0.15, 0.2) is 0 Å². The Bertz CT molecular complexity index is 1090. The molecule has 2 aromatic rings. The van der Waals surface area contributed by atoms with E-state index in [-0.39, 0.29) is 36.0 Å². The molecule has 1 atom stereocenters. The molecule has 1 N–H and O–H groups in total. The standard InChI is InChI=1S/C28H35NO5/c1-17(2)34-21-12-9-19(10-13-21)24-23(26(31)27(32)29(24)14-15-33-7)25(30)22-16-20(28(4,5)6)11-8-18(22)3/h8-13,16-17,24,30H,14-15H2,1-7H3/b25-23+. The van der Waals surface area contributed by atoms with Crippen molar-refractivity contribution in [3.8, 4) is 5.75 Å². The van der Waals surface area contributed by atoms with Crippen LogP contribution in [0.1, 0.15) is 62.9 Å². The molecular formula is C28H35NO5. The molecule has 0 aromatic heterocycles. The number of nitrogens with zero attached hydrogens (tertiary/aromatic N) is 1. The van der Waals surface area contributed by atoms with E-state index in [0.717, 1.165) is 16.7 Å². The van der Waals surface area contributed by atoms with Crippen molar-refractivity contribution in [2.45, 2.75) is 59.1 Å². The van der Waals surface area contributed by atoms with Crippen molar-refractivity contribution in [2.24, 2.45) is 0 Å². The Labute approximate surface area is 202 Å². The molecule has 1 fully saturated rings. The van der Waals surface area contributed by atoms with Crippen LogP contribution < -0.4 is 4.74 Å². The molecule has 6 nitrogen and oxygen atoms in total. The highest BCUT2D eigenvalue weighted by molar-refractivity contribution is 6.46. The first kappa shape index (κ1) is 25.5. The Morgan fingerprint density at radius 1 is 1.09 bits per heavy atom. The number of hydrogen-bond acceptors (Lipinski definition) is 5. The maximum atomic E-state index is 13.2. The number of carbonyl (C=O) groups excluding carboxylic acids is 2. The van der Waals surface area contributed by atoms with Crippen LogP contribution in [0, 0.1) is 6.92 Å². The molecule has 6 heteroatoms. The van der Waals surface area contributed by atoms with E-state index >= 15 is 0 Å². The number of hydrogen-bond donors (Lipinski definition) is 1. The van der Waals surface area contributed by atoms with Crippen molar-refractivity contribution in [3.05, 3.63) is 70.3 Å². The lowest BCUT2D eigenvalue weighted by atomic mass is 9.84. The predicted molar refractivity (Wildman–Crippen MR) is 133 cm³/mol. The van der Waals surface area contributed by atoms with E-state index in [9.17, 15) is 14.7 Å². The van der Waals surface area contributed by atoms with Crippen LogP contribution in [0.25, 0.3) is 5.76 Å². The highest BCUT2D eigenvalue weighted by Crippen LogP contribution is 2.40. The maximum absolute atomic E-state index is 13.2. The lowest BCUT2D eigenvalue weighted by Crippen LogP contribution is -2.32. The Balaban J connectivity index is 2.17. The minimum absolute atomic E-state index is 0.0243. The minimum Gasteiger partial charge on any atom is -0.507 e. The number of benzene rings is 2. The molecule has 1 saturated heterocycles. The van der Waals surface area contributed by atoms with Gasteiger partial charge in [0.25, 0.3) is 11.7 Å². The van der Waals surface area contributed by atoms with Crippen LogP contribution in [-0.2, 0) is 19.7 Å². The summed E-state index contributed by atoms with van der Waals surface area (Å²) < 4.78 is 10.9. The summed E-state index contributed by atoms with van der Waals surface area (Å²) in [4.78, 5) is 27.7. The van der Waals surface area contributed by atoms with Gasteiger partial charge in [-0.3, -0.25) is 9.59 Å². The molecule has 1 amide bonds. The fourth-order valence-electron chi connectivity index (χ4n) is 4.14. The van der Waals surface area contributed by atoms with Crippen molar-refractivity contribution in [2.75, 3.05) is 20.3 Å². The Kier molecular flexibility index (Phi) is 7.51. The topological polar surface area (TPSA) is 76.1 Å². The van der Waals surface area contributed by atoms with E-state index in [1.165, 1.54) is 4.90 Å². The summed E-state index contributed by atoms with van der Waals surface area (Å²) in [5.41, 5.74) is 3.08. The van der Waals surface area contributed by atoms with Crippen molar-refractivity contribution >= 4 is 17.4 Å². The Morgan fingerprint density at radius 3 is 2.29 bits per heavy atom. The number of amides is 1. The molecule has 0 spiro atoms. The number of ether oxygens (including phenoxy) is 2. The molecule has 3 rings (SSSR count). The summed E-state index contributed by atoms with van der Waals surface area (Å²) in [6, 6.07) is 12.4. The molecule has 1 unspecified atom stereocenters. The third-order valence-corrected chi connectivity index (χ3v) is 6.00. The molecule has 0 saturated carbocycles. The molecule has 0 aliphatic carbocycles. The van der Waals surface area contributed by atoms with Crippen molar-refractivity contribution in [1.29, 1.82) is 0 Å². The summed E-state index contributed by atoms with van der Waals surface area (Å²) in [7, 11) is 1.55. The summed E-state index contributed by atoms with van der Waals surface area (Å²) in [5.74, 6) is -0.798. The van der Waals surface area contributed by atoms with Crippen molar-refractivity contribution in [3.63, 3.8) is 0 Å². The Morgan fingerprint density at radius 2 is 1.74 bits per heavy atom. The number of Topliss-reactive ketones (excluding diaryl/α,β-unsaturated/α-hetero) is 1. The summed E-state index contributed by atoms with van der Waals surface area (Å²) in [6.07, 6.45) is 0.0243. The van der Waals surface area contributed by atoms with Crippen LogP contribution in [0.2, 0.25) is 0 Å². The van der Waals surface area contributed by atoms with Gasteiger partial charge in [0.1, 0.15) is 11.5 Å². The number of likely N-dealkylation sites (tertiary alicyclic amines) is 1. The second-order valence-corrected chi connectivity index (χ2v) is 10.0. The van der Waals surface area contributed by atoms with Gasteiger partial charge in [0.05, 0.1) is 24.3 Å². The fraction of sp³-hybridized carbons (Fsp3) is 0.429. The number of carbonyl (C=O) groups is 2. The molecular weight excluding hydrogens is 430 g/mol. The van der Waals surface area contributed by atoms with E-state index < -0.39 is 17.7 Å². The normalized spacial score (nSPS) is 18.1. The average molecular weight is 466 g/mol.